The minimum atomic E-state index is -0.108. The van der Waals surface area contributed by atoms with Crippen LogP contribution in [0.4, 0.5) is 0 Å². The van der Waals surface area contributed by atoms with E-state index in [9.17, 15) is 4.79 Å². The maximum absolute atomic E-state index is 12.5. The van der Waals surface area contributed by atoms with E-state index in [-0.39, 0.29) is 11.9 Å². The Morgan fingerprint density at radius 1 is 1.38 bits per heavy atom. The molecular formula is C17H22N2O2. The molecule has 0 spiro atoms. The van der Waals surface area contributed by atoms with Crippen molar-refractivity contribution in [1.82, 2.24) is 10.6 Å². The van der Waals surface area contributed by atoms with E-state index in [2.05, 4.69) is 17.6 Å². The van der Waals surface area contributed by atoms with Gasteiger partial charge in [-0.25, -0.2) is 0 Å². The smallest absolute Gasteiger partial charge is 0.287 e. The molecular weight excluding hydrogens is 264 g/mol. The number of para-hydroxylation sites is 1. The summed E-state index contributed by atoms with van der Waals surface area (Å²) in [5.74, 6) is 0.822. The third-order valence-corrected chi connectivity index (χ3v) is 4.51. The molecule has 1 aliphatic rings. The van der Waals surface area contributed by atoms with Crippen LogP contribution < -0.4 is 10.6 Å². The second kappa shape index (κ2) is 5.53. The predicted octanol–water partition coefficient (Wildman–Crippen LogP) is 2.78. The van der Waals surface area contributed by atoms with Gasteiger partial charge in [-0.1, -0.05) is 25.1 Å². The largest absolute Gasteiger partial charge is 0.450 e. The normalized spacial score (nSPS) is 22.4. The lowest BCUT2D eigenvalue weighted by Crippen LogP contribution is -2.50. The van der Waals surface area contributed by atoms with Crippen molar-refractivity contribution in [3.05, 3.63) is 35.1 Å². The fourth-order valence-corrected chi connectivity index (χ4v) is 3.02. The highest BCUT2D eigenvalue weighted by molar-refractivity contribution is 5.99. The standard InChI is InChI=1S/C17H22N2O2/c1-10-7-8-18-9-14(10)19-17(20)16-12(3)13-6-4-5-11(2)15(13)21-16/h4-6,10,14,18H,7-9H2,1-3H3,(H,19,20). The lowest BCUT2D eigenvalue weighted by molar-refractivity contribution is 0.0888. The Morgan fingerprint density at radius 3 is 2.90 bits per heavy atom. The Morgan fingerprint density at radius 2 is 2.19 bits per heavy atom. The molecule has 2 N–H and O–H groups in total. The summed E-state index contributed by atoms with van der Waals surface area (Å²) in [6.45, 7) is 7.98. The Hall–Kier alpha value is -1.81. The minimum absolute atomic E-state index is 0.108. The van der Waals surface area contributed by atoms with Gasteiger partial charge in [0.1, 0.15) is 5.58 Å². The first-order chi connectivity index (χ1) is 10.1. The number of rotatable bonds is 2. The van der Waals surface area contributed by atoms with Gasteiger partial charge in [0.25, 0.3) is 5.91 Å². The molecule has 1 aliphatic heterocycles. The molecule has 2 unspecified atom stereocenters. The molecule has 4 heteroatoms. The lowest BCUT2D eigenvalue weighted by atomic mass is 9.94. The number of hydrogen-bond donors (Lipinski definition) is 2. The number of hydrogen-bond acceptors (Lipinski definition) is 3. The monoisotopic (exact) mass is 286 g/mol. The fourth-order valence-electron chi connectivity index (χ4n) is 3.02. The number of carbonyl (C=O) groups is 1. The van der Waals surface area contributed by atoms with Crippen LogP contribution in [0.2, 0.25) is 0 Å². The van der Waals surface area contributed by atoms with Crippen molar-refractivity contribution in [2.75, 3.05) is 13.1 Å². The summed E-state index contributed by atoms with van der Waals surface area (Å²) in [6, 6.07) is 6.16. The van der Waals surface area contributed by atoms with Crippen molar-refractivity contribution in [3.8, 4) is 0 Å². The quantitative estimate of drug-likeness (QED) is 0.892. The van der Waals surface area contributed by atoms with Crippen LogP contribution in [0.25, 0.3) is 11.0 Å². The highest BCUT2D eigenvalue weighted by Gasteiger charge is 2.26. The van der Waals surface area contributed by atoms with Gasteiger partial charge in [0.15, 0.2) is 5.76 Å². The summed E-state index contributed by atoms with van der Waals surface area (Å²) in [7, 11) is 0. The molecule has 1 amide bonds. The summed E-state index contributed by atoms with van der Waals surface area (Å²) < 4.78 is 5.84. The topological polar surface area (TPSA) is 54.3 Å². The van der Waals surface area contributed by atoms with Gasteiger partial charge in [0, 0.05) is 23.5 Å². The van der Waals surface area contributed by atoms with Gasteiger partial charge in [-0.15, -0.1) is 0 Å². The van der Waals surface area contributed by atoms with Crippen LogP contribution in [0.3, 0.4) is 0 Å². The van der Waals surface area contributed by atoms with E-state index in [4.69, 9.17) is 4.42 Å². The zero-order valence-electron chi connectivity index (χ0n) is 12.8. The molecule has 0 bridgehead atoms. The highest BCUT2D eigenvalue weighted by Crippen LogP contribution is 2.27. The Balaban J connectivity index is 1.88. The fraction of sp³-hybridized carbons (Fsp3) is 0.471. The van der Waals surface area contributed by atoms with E-state index >= 15 is 0 Å². The minimum Gasteiger partial charge on any atom is -0.450 e. The number of benzene rings is 1. The van der Waals surface area contributed by atoms with E-state index in [1.54, 1.807) is 0 Å². The Kier molecular flexibility index (Phi) is 3.72. The summed E-state index contributed by atoms with van der Waals surface area (Å²) in [5, 5.41) is 7.46. The van der Waals surface area contributed by atoms with Crippen LogP contribution in [0, 0.1) is 19.8 Å². The number of carbonyl (C=O) groups excluding carboxylic acids is 1. The lowest BCUT2D eigenvalue weighted by Gasteiger charge is -2.29. The van der Waals surface area contributed by atoms with E-state index < -0.39 is 0 Å². The molecule has 0 radical (unpaired) electrons. The van der Waals surface area contributed by atoms with Crippen molar-refractivity contribution in [2.45, 2.75) is 33.2 Å². The number of aryl methyl sites for hydroxylation is 2. The van der Waals surface area contributed by atoms with Crippen molar-refractivity contribution in [2.24, 2.45) is 5.92 Å². The third kappa shape index (κ3) is 2.56. The van der Waals surface area contributed by atoms with Crippen LogP contribution in [0.15, 0.2) is 22.6 Å². The number of piperidine rings is 1. The third-order valence-electron chi connectivity index (χ3n) is 4.51. The van der Waals surface area contributed by atoms with Gasteiger partial charge >= 0.3 is 0 Å². The SMILES string of the molecule is Cc1c(C(=O)NC2CNCCC2C)oc2c(C)cccc12. The number of furan rings is 1. The molecule has 21 heavy (non-hydrogen) atoms. The zero-order chi connectivity index (χ0) is 15.0. The summed E-state index contributed by atoms with van der Waals surface area (Å²) in [4.78, 5) is 12.5. The van der Waals surface area contributed by atoms with E-state index in [0.717, 1.165) is 41.6 Å². The second-order valence-corrected chi connectivity index (χ2v) is 6.06. The molecule has 1 saturated heterocycles. The highest BCUT2D eigenvalue weighted by atomic mass is 16.3. The molecule has 2 atom stereocenters. The van der Waals surface area contributed by atoms with Gasteiger partial charge in [0.05, 0.1) is 0 Å². The summed E-state index contributed by atoms with van der Waals surface area (Å²) in [6.07, 6.45) is 1.09. The predicted molar refractivity (Wildman–Crippen MR) is 83.6 cm³/mol. The van der Waals surface area contributed by atoms with Crippen LogP contribution >= 0.6 is 0 Å². The van der Waals surface area contributed by atoms with Gasteiger partial charge in [0.2, 0.25) is 0 Å². The van der Waals surface area contributed by atoms with Gasteiger partial charge < -0.3 is 15.1 Å². The summed E-state index contributed by atoms with van der Waals surface area (Å²) >= 11 is 0. The Bertz CT molecular complexity index is 675. The maximum atomic E-state index is 12.5. The molecule has 2 heterocycles. The van der Waals surface area contributed by atoms with Crippen molar-refractivity contribution in [3.63, 3.8) is 0 Å². The average molecular weight is 286 g/mol. The van der Waals surface area contributed by atoms with Crippen molar-refractivity contribution in [1.29, 1.82) is 0 Å². The number of amides is 1. The van der Waals surface area contributed by atoms with E-state index in [1.165, 1.54) is 0 Å². The molecule has 0 saturated carbocycles. The van der Waals surface area contributed by atoms with Crippen LogP contribution in [-0.2, 0) is 0 Å². The first-order valence-electron chi connectivity index (χ1n) is 7.58. The molecule has 4 nitrogen and oxygen atoms in total. The van der Waals surface area contributed by atoms with Crippen LogP contribution in [-0.4, -0.2) is 25.0 Å². The molecule has 2 aromatic rings. The van der Waals surface area contributed by atoms with Crippen molar-refractivity contribution >= 4 is 16.9 Å². The average Bonchev–Trinajstić information content (AvgIpc) is 2.81. The van der Waals surface area contributed by atoms with Crippen LogP contribution in [0.1, 0.15) is 35.0 Å². The number of fused-ring (bicyclic) bond motifs is 1. The molecule has 112 valence electrons. The number of nitrogens with one attached hydrogen (secondary N) is 2. The summed E-state index contributed by atoms with van der Waals surface area (Å²) in [5.41, 5.74) is 2.79. The van der Waals surface area contributed by atoms with Gasteiger partial charge in [-0.3, -0.25) is 4.79 Å². The zero-order valence-corrected chi connectivity index (χ0v) is 12.8. The first-order valence-corrected chi connectivity index (χ1v) is 7.58. The van der Waals surface area contributed by atoms with Gasteiger partial charge in [-0.05, 0) is 38.3 Å². The molecule has 1 fully saturated rings. The van der Waals surface area contributed by atoms with Crippen LogP contribution in [0.5, 0.6) is 0 Å². The maximum Gasteiger partial charge on any atom is 0.287 e. The first kappa shape index (κ1) is 14.1. The molecule has 1 aromatic heterocycles. The Labute approximate surface area is 124 Å². The van der Waals surface area contributed by atoms with E-state index in [1.807, 2.05) is 32.0 Å². The van der Waals surface area contributed by atoms with Gasteiger partial charge in [-0.2, -0.15) is 0 Å². The molecule has 1 aromatic carbocycles. The second-order valence-electron chi connectivity index (χ2n) is 6.06. The van der Waals surface area contributed by atoms with E-state index in [0.29, 0.717) is 11.7 Å². The molecule has 0 aliphatic carbocycles. The van der Waals surface area contributed by atoms with Crippen molar-refractivity contribution < 1.29 is 9.21 Å². The molecule has 3 rings (SSSR count).